The minimum absolute atomic E-state index is 0.369. The van der Waals surface area contributed by atoms with E-state index >= 15 is 0 Å². The van der Waals surface area contributed by atoms with Crippen LogP contribution in [0.1, 0.15) is 22.8 Å². The quantitative estimate of drug-likeness (QED) is 0.493. The lowest BCUT2D eigenvalue weighted by atomic mass is 9.98. The first-order valence-electron chi connectivity index (χ1n) is 9.11. The second-order valence-electron chi connectivity index (χ2n) is 6.73. The van der Waals surface area contributed by atoms with Crippen LogP contribution in [0.15, 0.2) is 58.8 Å². The van der Waals surface area contributed by atoms with Crippen LogP contribution in [0, 0.1) is 6.92 Å². The first-order valence-corrected chi connectivity index (χ1v) is 9.93. The molecule has 5 rings (SSSR count). The second kappa shape index (κ2) is 7.39. The smallest absolute Gasteiger partial charge is 0.205 e. The molecule has 3 heterocycles. The van der Waals surface area contributed by atoms with Gasteiger partial charge in [0, 0.05) is 12.1 Å². The van der Waals surface area contributed by atoms with Gasteiger partial charge in [0.25, 0.3) is 0 Å². The van der Waals surface area contributed by atoms with E-state index in [1.807, 2.05) is 35.8 Å². The Hall–Kier alpha value is -3.50. The number of imidazole rings is 1. The number of thiocarbonyl (C=S) groups is 2. The fourth-order valence-electron chi connectivity index (χ4n) is 3.49. The van der Waals surface area contributed by atoms with Gasteiger partial charge < -0.3 is 4.57 Å². The molecule has 2 aromatic carbocycles. The van der Waals surface area contributed by atoms with Crippen LogP contribution < -0.4 is 0 Å². The van der Waals surface area contributed by atoms with Gasteiger partial charge in [0.15, 0.2) is 9.98 Å². The van der Waals surface area contributed by atoms with Crippen molar-refractivity contribution in [3.8, 4) is 22.5 Å². The van der Waals surface area contributed by atoms with Crippen LogP contribution in [-0.2, 0) is 6.54 Å². The van der Waals surface area contributed by atoms with E-state index in [1.54, 1.807) is 0 Å². The molecule has 0 saturated carbocycles. The van der Waals surface area contributed by atoms with Gasteiger partial charge in [-0.25, -0.2) is 4.98 Å². The highest BCUT2D eigenvalue weighted by Gasteiger charge is 2.25. The van der Waals surface area contributed by atoms with Crippen LogP contribution in [0.25, 0.3) is 22.5 Å². The van der Waals surface area contributed by atoms with Crippen molar-refractivity contribution >= 4 is 34.4 Å². The van der Waals surface area contributed by atoms with E-state index in [0.717, 1.165) is 33.8 Å². The molecule has 0 saturated heterocycles. The number of azo groups is 1. The predicted octanol–water partition coefficient (Wildman–Crippen LogP) is 3.90. The Morgan fingerprint density at radius 2 is 1.67 bits per heavy atom. The summed E-state index contributed by atoms with van der Waals surface area (Å²) in [5.41, 5.74) is 5.52. The number of aryl methyl sites for hydroxylation is 1. The Morgan fingerprint density at radius 1 is 0.933 bits per heavy atom. The number of benzene rings is 2. The van der Waals surface area contributed by atoms with E-state index in [2.05, 4.69) is 60.1 Å². The maximum absolute atomic E-state index is 5.37. The summed E-state index contributed by atoms with van der Waals surface area (Å²) >= 11 is 10.6. The van der Waals surface area contributed by atoms with Gasteiger partial charge in [0.1, 0.15) is 17.2 Å². The van der Waals surface area contributed by atoms with Crippen molar-refractivity contribution in [3.63, 3.8) is 0 Å². The summed E-state index contributed by atoms with van der Waals surface area (Å²) in [5, 5.41) is 22.3. The van der Waals surface area contributed by atoms with Gasteiger partial charge in [-0.3, -0.25) is 0 Å². The highest BCUT2D eigenvalue weighted by molar-refractivity contribution is 7.81. The van der Waals surface area contributed by atoms with Gasteiger partial charge in [-0.05, 0) is 28.8 Å². The summed E-state index contributed by atoms with van der Waals surface area (Å²) in [6.45, 7) is 2.54. The molecule has 0 unspecified atom stereocenters. The van der Waals surface area contributed by atoms with Crippen molar-refractivity contribution in [3.05, 3.63) is 71.3 Å². The van der Waals surface area contributed by atoms with Crippen molar-refractivity contribution < 1.29 is 0 Å². The maximum atomic E-state index is 5.37. The summed E-state index contributed by atoms with van der Waals surface area (Å²) in [5.74, 6) is 1.39. The number of nitrogens with one attached hydrogen (secondary N) is 1. The number of aromatic nitrogens is 6. The number of hydrogen-bond donors (Lipinski definition) is 1. The van der Waals surface area contributed by atoms with Gasteiger partial charge in [-0.1, -0.05) is 73.0 Å². The molecule has 10 heteroatoms. The molecule has 1 aliphatic rings. The molecule has 0 amide bonds. The average Bonchev–Trinajstić information content (AvgIpc) is 3.41. The summed E-state index contributed by atoms with van der Waals surface area (Å²) in [4.78, 5) is 5.32. The molecule has 0 atom stereocenters. The third-order valence-electron chi connectivity index (χ3n) is 4.91. The van der Waals surface area contributed by atoms with Gasteiger partial charge in [0.05, 0.1) is 0 Å². The van der Waals surface area contributed by atoms with Gasteiger partial charge in [-0.15, -0.1) is 20.4 Å². The van der Waals surface area contributed by atoms with E-state index in [0.29, 0.717) is 28.0 Å². The zero-order valence-corrected chi connectivity index (χ0v) is 17.4. The Labute approximate surface area is 182 Å². The predicted molar refractivity (Wildman–Crippen MR) is 119 cm³/mol. The number of tetrazole rings is 1. The molecule has 30 heavy (non-hydrogen) atoms. The average molecular weight is 431 g/mol. The third kappa shape index (κ3) is 3.15. The van der Waals surface area contributed by atoms with Crippen LogP contribution in [-0.4, -0.2) is 40.2 Å². The molecule has 4 aromatic rings. The van der Waals surface area contributed by atoms with Crippen LogP contribution >= 0.6 is 24.4 Å². The van der Waals surface area contributed by atoms with Crippen LogP contribution in [0.5, 0.6) is 0 Å². The minimum Gasteiger partial charge on any atom is -0.321 e. The molecule has 0 spiro atoms. The highest BCUT2D eigenvalue weighted by Crippen LogP contribution is 2.30. The maximum Gasteiger partial charge on any atom is 0.205 e. The molecule has 0 fully saturated rings. The second-order valence-corrected chi connectivity index (χ2v) is 7.50. The van der Waals surface area contributed by atoms with Crippen LogP contribution in [0.3, 0.4) is 0 Å². The molecule has 0 aliphatic carbocycles. The normalized spacial score (nSPS) is 13.0. The monoisotopic (exact) mass is 430 g/mol. The molecule has 146 valence electrons. The Balaban J connectivity index is 1.48. The van der Waals surface area contributed by atoms with Crippen LogP contribution in [0.4, 0.5) is 0 Å². The number of rotatable bonds is 4. The van der Waals surface area contributed by atoms with Crippen molar-refractivity contribution in [2.45, 2.75) is 13.5 Å². The summed E-state index contributed by atoms with van der Waals surface area (Å²) in [6, 6.07) is 16.3. The standard InChI is InChI=1S/C20H14N8S2/c1-11-21-16-17(20(30)25-24-19(16)29)28(11)10-12-6-8-13(9-7-12)14-4-2-3-5-15(14)18-22-26-27-23-18/h2-9H,10H2,1H3,(H,22,23,26,27). The third-order valence-corrected chi connectivity index (χ3v) is 5.46. The zero-order chi connectivity index (χ0) is 20.7. The van der Waals surface area contributed by atoms with E-state index in [9.17, 15) is 0 Å². The number of aromatic amines is 1. The summed E-state index contributed by atoms with van der Waals surface area (Å²) in [6.07, 6.45) is 0. The molecule has 2 aromatic heterocycles. The van der Waals surface area contributed by atoms with Crippen LogP contribution in [0.2, 0.25) is 0 Å². The molecular formula is C20H14N8S2. The molecule has 1 N–H and O–H groups in total. The fraction of sp³-hybridized carbons (Fsp3) is 0.100. The molecule has 0 bridgehead atoms. The van der Waals surface area contributed by atoms with Crippen molar-refractivity contribution in [1.29, 1.82) is 0 Å². The molecular weight excluding hydrogens is 416 g/mol. The van der Waals surface area contributed by atoms with Crippen molar-refractivity contribution in [1.82, 2.24) is 30.2 Å². The first-order chi connectivity index (χ1) is 14.6. The van der Waals surface area contributed by atoms with E-state index in [-0.39, 0.29) is 0 Å². The highest BCUT2D eigenvalue weighted by atomic mass is 32.1. The lowest BCUT2D eigenvalue weighted by Gasteiger charge is -2.13. The summed E-state index contributed by atoms with van der Waals surface area (Å²) in [7, 11) is 0. The van der Waals surface area contributed by atoms with Gasteiger partial charge in [0.2, 0.25) is 5.82 Å². The first kappa shape index (κ1) is 18.5. The van der Waals surface area contributed by atoms with Crippen molar-refractivity contribution in [2.24, 2.45) is 10.2 Å². The number of fused-ring (bicyclic) bond motifs is 1. The lowest BCUT2D eigenvalue weighted by molar-refractivity contribution is 0.755. The SMILES string of the molecule is Cc1nc2c(n1Cc1ccc(-c3ccccc3-c3nn[nH]n3)cc1)C(=S)N=NC2=S. The van der Waals surface area contributed by atoms with Gasteiger partial charge >= 0.3 is 0 Å². The Morgan fingerprint density at radius 3 is 2.40 bits per heavy atom. The Kier molecular flexibility index (Phi) is 4.57. The van der Waals surface area contributed by atoms with Gasteiger partial charge in [-0.2, -0.15) is 5.21 Å². The van der Waals surface area contributed by atoms with E-state index < -0.39 is 0 Å². The fourth-order valence-corrected chi connectivity index (χ4v) is 3.92. The van der Waals surface area contributed by atoms with E-state index in [1.165, 1.54) is 0 Å². The number of nitrogens with zero attached hydrogens (tertiary/aromatic N) is 7. The topological polar surface area (TPSA) is 97.0 Å². The number of hydrogen-bond acceptors (Lipinski definition) is 6. The zero-order valence-electron chi connectivity index (χ0n) is 15.8. The molecule has 1 aliphatic heterocycles. The van der Waals surface area contributed by atoms with E-state index in [4.69, 9.17) is 24.4 Å². The lowest BCUT2D eigenvalue weighted by Crippen LogP contribution is -2.15. The molecule has 8 nitrogen and oxygen atoms in total. The Bertz CT molecular complexity index is 1300. The summed E-state index contributed by atoms with van der Waals surface area (Å²) < 4.78 is 2.03. The van der Waals surface area contributed by atoms with Crippen molar-refractivity contribution in [2.75, 3.05) is 0 Å². The minimum atomic E-state index is 0.369. The number of H-pyrrole nitrogens is 1. The largest absolute Gasteiger partial charge is 0.321 e. The molecule has 0 radical (unpaired) electrons.